The number of alkyl halides is 1. The number of benzene rings is 3. The summed E-state index contributed by atoms with van der Waals surface area (Å²) in [6, 6.07) is 9.79. The number of piperazine rings is 1. The number of hydrogen-bond donors (Lipinski definition) is 1. The summed E-state index contributed by atoms with van der Waals surface area (Å²) >= 11 is 0. The van der Waals surface area contributed by atoms with Gasteiger partial charge < -0.3 is 14.7 Å². The van der Waals surface area contributed by atoms with E-state index in [1.165, 1.54) is 24.3 Å². The third kappa shape index (κ3) is 4.50. The Morgan fingerprint density at radius 2 is 1.87 bits per heavy atom. The van der Waals surface area contributed by atoms with Crippen molar-refractivity contribution in [3.63, 3.8) is 0 Å². The first-order chi connectivity index (χ1) is 21.7. The molecule has 0 aliphatic carbocycles. The van der Waals surface area contributed by atoms with Gasteiger partial charge in [0, 0.05) is 54.5 Å². The predicted molar refractivity (Wildman–Crippen MR) is 167 cm³/mol. The maximum atomic E-state index is 16.9. The van der Waals surface area contributed by atoms with E-state index in [0.29, 0.717) is 47.0 Å². The molecule has 1 N–H and O–H groups in total. The fourth-order valence-electron chi connectivity index (χ4n) is 8.35. The molecule has 0 spiro atoms. The molecule has 2 bridgehead atoms. The van der Waals surface area contributed by atoms with E-state index >= 15 is 4.39 Å². The Morgan fingerprint density at radius 1 is 1.07 bits per heavy atom. The van der Waals surface area contributed by atoms with Gasteiger partial charge in [-0.15, -0.1) is 6.42 Å². The van der Waals surface area contributed by atoms with Gasteiger partial charge in [0.15, 0.2) is 5.82 Å². The highest BCUT2D eigenvalue weighted by Crippen LogP contribution is 2.43. The Bertz CT molecular complexity index is 1880. The zero-order chi connectivity index (χ0) is 31.0. The average Bonchev–Trinajstić information content (AvgIpc) is 3.60. The van der Waals surface area contributed by atoms with E-state index in [-0.39, 0.29) is 40.6 Å². The zero-order valence-electron chi connectivity index (χ0n) is 25.1. The van der Waals surface area contributed by atoms with Crippen LogP contribution in [0.25, 0.3) is 32.8 Å². The number of hydrogen-bond acceptors (Lipinski definition) is 7. The van der Waals surface area contributed by atoms with Crippen molar-refractivity contribution in [2.24, 2.45) is 0 Å². The molecule has 4 aliphatic rings. The molecule has 4 atom stereocenters. The molecule has 1 aromatic heterocycles. The topological polar surface area (TPSA) is 65.0 Å². The van der Waals surface area contributed by atoms with E-state index in [0.717, 1.165) is 45.3 Å². The first-order valence-corrected chi connectivity index (χ1v) is 15.7. The second-order valence-electron chi connectivity index (χ2n) is 13.1. The van der Waals surface area contributed by atoms with Crippen LogP contribution in [0.15, 0.2) is 36.4 Å². The van der Waals surface area contributed by atoms with Gasteiger partial charge in [0.1, 0.15) is 35.7 Å². The van der Waals surface area contributed by atoms with Gasteiger partial charge in [-0.25, -0.2) is 13.2 Å². The van der Waals surface area contributed by atoms with Crippen molar-refractivity contribution in [3.8, 4) is 35.2 Å². The number of ether oxygens (including phenoxy) is 1. The van der Waals surface area contributed by atoms with Gasteiger partial charge >= 0.3 is 6.01 Å². The maximum absolute atomic E-state index is 16.9. The van der Waals surface area contributed by atoms with Crippen LogP contribution >= 0.6 is 0 Å². The Balaban J connectivity index is 1.28. The molecular weight excluding hydrogens is 579 g/mol. The number of terminal acetylenes is 1. The highest BCUT2D eigenvalue weighted by molar-refractivity contribution is 6.04. The SMILES string of the molecule is C#Cc1c(F)ccc2cc(O)cc(-c3ccc4c(N5CC6CCC(C5)N6C)nc(OC[C@@]56CCCN5C[C@H](F)C6)nc4c3F)c12. The minimum atomic E-state index is -0.905. The molecule has 5 heterocycles. The molecule has 4 aliphatic heterocycles. The van der Waals surface area contributed by atoms with E-state index in [1.54, 1.807) is 12.1 Å². The minimum Gasteiger partial charge on any atom is -0.508 e. The second kappa shape index (κ2) is 10.5. The smallest absolute Gasteiger partial charge is 0.319 e. The average molecular weight is 614 g/mol. The molecule has 232 valence electrons. The van der Waals surface area contributed by atoms with Crippen LogP contribution < -0.4 is 9.64 Å². The number of rotatable bonds is 5. The largest absolute Gasteiger partial charge is 0.508 e. The lowest BCUT2D eigenvalue weighted by atomic mass is 9.93. The zero-order valence-corrected chi connectivity index (χ0v) is 25.1. The molecule has 10 heteroatoms. The predicted octanol–water partition coefficient (Wildman–Crippen LogP) is 5.65. The molecule has 4 saturated heterocycles. The van der Waals surface area contributed by atoms with Gasteiger partial charge in [-0.05, 0) is 74.5 Å². The summed E-state index contributed by atoms with van der Waals surface area (Å²) in [7, 11) is 2.15. The van der Waals surface area contributed by atoms with Crippen molar-refractivity contribution in [2.45, 2.75) is 55.9 Å². The number of aromatic nitrogens is 2. The lowest BCUT2D eigenvalue weighted by Crippen LogP contribution is -2.52. The van der Waals surface area contributed by atoms with Gasteiger partial charge in [0.2, 0.25) is 0 Å². The van der Waals surface area contributed by atoms with Crippen LogP contribution in [0.1, 0.15) is 37.7 Å². The number of phenolic OH excluding ortho intramolecular Hbond substituents is 1. The summed E-state index contributed by atoms with van der Waals surface area (Å²) < 4.78 is 52.4. The van der Waals surface area contributed by atoms with Crippen molar-refractivity contribution in [2.75, 3.05) is 44.7 Å². The number of anilines is 1. The molecule has 3 aromatic carbocycles. The van der Waals surface area contributed by atoms with Crippen LogP contribution in [0.3, 0.4) is 0 Å². The number of halogens is 3. The first-order valence-electron chi connectivity index (χ1n) is 15.7. The van der Waals surface area contributed by atoms with E-state index in [1.807, 2.05) is 0 Å². The fraction of sp³-hybridized carbons (Fsp3) is 0.429. The third-order valence-corrected chi connectivity index (χ3v) is 10.6. The minimum absolute atomic E-state index is 0.00888. The number of nitrogens with zero attached hydrogens (tertiary/aromatic N) is 5. The van der Waals surface area contributed by atoms with Crippen LogP contribution in [0.4, 0.5) is 19.0 Å². The van der Waals surface area contributed by atoms with Gasteiger partial charge in [-0.3, -0.25) is 9.80 Å². The van der Waals surface area contributed by atoms with E-state index < -0.39 is 23.3 Å². The molecule has 4 fully saturated rings. The molecule has 4 aromatic rings. The Morgan fingerprint density at radius 3 is 2.64 bits per heavy atom. The summed E-state index contributed by atoms with van der Waals surface area (Å²) in [5, 5.41) is 11.9. The van der Waals surface area contributed by atoms with Crippen LogP contribution in [-0.4, -0.2) is 88.5 Å². The van der Waals surface area contributed by atoms with Crippen LogP contribution in [-0.2, 0) is 0 Å². The number of likely N-dealkylation sites (N-methyl/N-ethyl adjacent to an activating group) is 1. The van der Waals surface area contributed by atoms with Gasteiger partial charge in [-0.2, -0.15) is 9.97 Å². The molecule has 7 nitrogen and oxygen atoms in total. The van der Waals surface area contributed by atoms with Crippen molar-refractivity contribution in [3.05, 3.63) is 53.6 Å². The maximum Gasteiger partial charge on any atom is 0.319 e. The highest BCUT2D eigenvalue weighted by atomic mass is 19.1. The standard InChI is InChI=1S/C35H34F3N5O2/c1-3-25-29(37)10-5-20-13-24(44)14-28(30(20)25)26-8-9-27-32(31(26)38)39-34(45-19-35-11-4-12-43(35)16-21(36)15-35)40-33(27)42-17-22-6-7-23(18-42)41(22)2/h1,5,8-10,13-14,21-23,44H,4,6-7,11-12,15-19H2,2H3/t21-,22?,23?,35+/m1/s1. The fourth-order valence-corrected chi connectivity index (χ4v) is 8.35. The number of phenols is 1. The molecular formula is C35H34F3N5O2. The summed E-state index contributed by atoms with van der Waals surface area (Å²) in [6.45, 7) is 2.92. The van der Waals surface area contributed by atoms with Crippen molar-refractivity contribution in [1.29, 1.82) is 0 Å². The van der Waals surface area contributed by atoms with Crippen LogP contribution in [0, 0.1) is 24.0 Å². The van der Waals surface area contributed by atoms with Crippen molar-refractivity contribution < 1.29 is 23.0 Å². The van der Waals surface area contributed by atoms with Crippen LogP contribution in [0.2, 0.25) is 0 Å². The Labute approximate surface area is 259 Å². The quantitative estimate of drug-likeness (QED) is 0.292. The third-order valence-electron chi connectivity index (χ3n) is 10.6. The summed E-state index contributed by atoms with van der Waals surface area (Å²) in [5.74, 6) is 1.64. The Kier molecular flexibility index (Phi) is 6.63. The summed E-state index contributed by atoms with van der Waals surface area (Å²) in [4.78, 5) is 16.2. The number of fused-ring (bicyclic) bond motifs is 5. The normalized spacial score (nSPS) is 26.6. The molecule has 45 heavy (non-hydrogen) atoms. The highest BCUT2D eigenvalue weighted by Gasteiger charge is 2.49. The second-order valence-corrected chi connectivity index (χ2v) is 13.1. The first kappa shape index (κ1) is 28.4. The van der Waals surface area contributed by atoms with E-state index in [2.05, 4.69) is 32.7 Å². The lowest BCUT2D eigenvalue weighted by Gasteiger charge is -2.40. The lowest BCUT2D eigenvalue weighted by molar-refractivity contribution is 0.107. The molecule has 0 radical (unpaired) electrons. The summed E-state index contributed by atoms with van der Waals surface area (Å²) in [5.41, 5.74) is 0.0187. The van der Waals surface area contributed by atoms with Gasteiger partial charge in [0.05, 0.1) is 11.1 Å². The van der Waals surface area contributed by atoms with Gasteiger partial charge in [-0.1, -0.05) is 18.1 Å². The van der Waals surface area contributed by atoms with Gasteiger partial charge in [0.25, 0.3) is 0 Å². The van der Waals surface area contributed by atoms with Crippen molar-refractivity contribution in [1.82, 2.24) is 19.8 Å². The van der Waals surface area contributed by atoms with Crippen molar-refractivity contribution >= 4 is 27.5 Å². The summed E-state index contributed by atoms with van der Waals surface area (Å²) in [6.07, 6.45) is 9.16. The molecule has 8 rings (SSSR count). The van der Waals surface area contributed by atoms with Crippen LogP contribution in [0.5, 0.6) is 11.8 Å². The Hall–Kier alpha value is -4.07. The molecule has 2 unspecified atom stereocenters. The van der Waals surface area contributed by atoms with E-state index in [4.69, 9.17) is 16.1 Å². The molecule has 0 saturated carbocycles. The monoisotopic (exact) mass is 613 g/mol. The van der Waals surface area contributed by atoms with E-state index in [9.17, 15) is 13.9 Å². The number of aromatic hydroxyl groups is 1. The molecule has 0 amide bonds.